The van der Waals surface area contributed by atoms with Gasteiger partial charge in [-0.3, -0.25) is 10.1 Å². The summed E-state index contributed by atoms with van der Waals surface area (Å²) in [5.74, 6) is 0.635. The molecule has 0 atom stereocenters. The fraction of sp³-hybridized carbons (Fsp3) is 0.429. The monoisotopic (exact) mass is 279 g/mol. The minimum absolute atomic E-state index is 0.0723. The predicted octanol–water partition coefficient (Wildman–Crippen LogP) is 2.07. The molecule has 0 radical (unpaired) electrons. The molecular formula is C14H21N3O3. The number of nitro groups is 1. The van der Waals surface area contributed by atoms with E-state index in [1.807, 2.05) is 38.0 Å². The van der Waals surface area contributed by atoms with Crippen LogP contribution in [-0.2, 0) is 0 Å². The zero-order chi connectivity index (χ0) is 15.1. The molecule has 0 bridgehead atoms. The normalized spacial score (nSPS) is 11.1. The zero-order valence-electron chi connectivity index (χ0n) is 12.4. The molecule has 0 aromatic heterocycles. The minimum Gasteiger partial charge on any atom is -0.492 e. The van der Waals surface area contributed by atoms with E-state index in [1.165, 1.54) is 6.07 Å². The summed E-state index contributed by atoms with van der Waals surface area (Å²) in [5.41, 5.74) is 0.606. The second-order valence-electron chi connectivity index (χ2n) is 4.91. The molecule has 0 saturated carbocycles. The van der Waals surface area contributed by atoms with Crippen molar-refractivity contribution in [2.75, 3.05) is 41.3 Å². The average Bonchev–Trinajstić information content (AvgIpc) is 2.35. The second-order valence-corrected chi connectivity index (χ2v) is 4.91. The van der Waals surface area contributed by atoms with Gasteiger partial charge in [0.25, 0.3) is 5.69 Å². The maximum absolute atomic E-state index is 11.0. The lowest BCUT2D eigenvalue weighted by molar-refractivity contribution is -0.385. The highest BCUT2D eigenvalue weighted by atomic mass is 16.6. The van der Waals surface area contributed by atoms with Crippen LogP contribution < -0.4 is 4.74 Å². The fourth-order valence-corrected chi connectivity index (χ4v) is 1.50. The van der Waals surface area contributed by atoms with Crippen molar-refractivity contribution in [3.63, 3.8) is 0 Å². The molecule has 0 unspecified atom stereocenters. The van der Waals surface area contributed by atoms with Crippen LogP contribution in [0.3, 0.4) is 0 Å². The smallest absolute Gasteiger partial charge is 0.276 e. The molecule has 20 heavy (non-hydrogen) atoms. The topological polar surface area (TPSA) is 58.8 Å². The molecule has 6 heteroatoms. The molecule has 0 aliphatic rings. The van der Waals surface area contributed by atoms with Crippen molar-refractivity contribution >= 4 is 11.8 Å². The lowest BCUT2D eigenvalue weighted by atomic mass is 10.1. The largest absolute Gasteiger partial charge is 0.492 e. The summed E-state index contributed by atoms with van der Waals surface area (Å²) in [6.07, 6.45) is 3.48. The Labute approximate surface area is 119 Å². The van der Waals surface area contributed by atoms with Gasteiger partial charge in [0.1, 0.15) is 12.4 Å². The molecule has 1 aromatic rings. The van der Waals surface area contributed by atoms with Crippen molar-refractivity contribution in [3.05, 3.63) is 40.1 Å². The van der Waals surface area contributed by atoms with Gasteiger partial charge in [-0.25, -0.2) is 0 Å². The van der Waals surface area contributed by atoms with Crippen LogP contribution in [0.25, 0.3) is 6.08 Å². The van der Waals surface area contributed by atoms with E-state index in [2.05, 4.69) is 0 Å². The molecule has 0 amide bonds. The summed E-state index contributed by atoms with van der Waals surface area (Å²) in [7, 11) is 7.65. The molecule has 0 aliphatic carbocycles. The maximum atomic E-state index is 11.0. The summed E-state index contributed by atoms with van der Waals surface area (Å²) >= 11 is 0. The first kappa shape index (κ1) is 16.0. The molecule has 0 saturated heterocycles. The van der Waals surface area contributed by atoms with Gasteiger partial charge in [0.15, 0.2) is 0 Å². The Morgan fingerprint density at radius 1 is 1.30 bits per heavy atom. The SMILES string of the molecule is CN(C)/C=C/c1cc(OCCN(C)C)ccc1[N+](=O)[O-]. The molecule has 0 fully saturated rings. The minimum atomic E-state index is -0.390. The molecule has 0 aliphatic heterocycles. The van der Waals surface area contributed by atoms with Gasteiger partial charge in [-0.1, -0.05) is 0 Å². The maximum Gasteiger partial charge on any atom is 0.276 e. The van der Waals surface area contributed by atoms with Crippen LogP contribution in [0, 0.1) is 10.1 Å². The summed E-state index contributed by atoms with van der Waals surface area (Å²) in [6, 6.07) is 4.79. The van der Waals surface area contributed by atoms with Gasteiger partial charge in [-0.05, 0) is 38.5 Å². The van der Waals surface area contributed by atoms with E-state index >= 15 is 0 Å². The van der Waals surface area contributed by atoms with E-state index in [9.17, 15) is 10.1 Å². The van der Waals surface area contributed by atoms with Crippen molar-refractivity contribution in [2.45, 2.75) is 0 Å². The fourth-order valence-electron chi connectivity index (χ4n) is 1.50. The van der Waals surface area contributed by atoms with Crippen LogP contribution in [0.1, 0.15) is 5.56 Å². The lowest BCUT2D eigenvalue weighted by Crippen LogP contribution is -2.19. The highest BCUT2D eigenvalue weighted by Gasteiger charge is 2.12. The third kappa shape index (κ3) is 5.27. The number of nitro benzene ring substituents is 1. The summed E-state index contributed by atoms with van der Waals surface area (Å²) < 4.78 is 5.59. The van der Waals surface area contributed by atoms with Gasteiger partial charge in [0.05, 0.1) is 10.5 Å². The third-order valence-electron chi connectivity index (χ3n) is 2.56. The van der Waals surface area contributed by atoms with E-state index in [1.54, 1.807) is 24.4 Å². The van der Waals surface area contributed by atoms with Gasteiger partial charge in [-0.15, -0.1) is 0 Å². The number of likely N-dealkylation sites (N-methyl/N-ethyl adjacent to an activating group) is 1. The number of benzene rings is 1. The summed E-state index contributed by atoms with van der Waals surface area (Å²) in [4.78, 5) is 14.4. The number of nitrogens with zero attached hydrogens (tertiary/aromatic N) is 3. The van der Waals surface area contributed by atoms with Crippen molar-refractivity contribution < 1.29 is 9.66 Å². The Morgan fingerprint density at radius 3 is 2.55 bits per heavy atom. The summed E-state index contributed by atoms with van der Waals surface area (Å²) in [6.45, 7) is 1.33. The molecule has 0 spiro atoms. The number of hydrogen-bond donors (Lipinski definition) is 0. The molecule has 1 aromatic carbocycles. The number of rotatable bonds is 7. The Bertz CT molecular complexity index is 485. The average molecular weight is 279 g/mol. The van der Waals surface area contributed by atoms with Gasteiger partial charge < -0.3 is 14.5 Å². The molecule has 6 nitrogen and oxygen atoms in total. The highest BCUT2D eigenvalue weighted by molar-refractivity contribution is 5.62. The van der Waals surface area contributed by atoms with E-state index in [0.717, 1.165) is 6.54 Å². The molecule has 0 N–H and O–H groups in total. The van der Waals surface area contributed by atoms with Crippen LogP contribution in [0.2, 0.25) is 0 Å². The Morgan fingerprint density at radius 2 is 2.00 bits per heavy atom. The molecule has 110 valence electrons. The van der Waals surface area contributed by atoms with Gasteiger partial charge >= 0.3 is 0 Å². The number of ether oxygens (including phenoxy) is 1. The van der Waals surface area contributed by atoms with Crippen LogP contribution in [0.4, 0.5) is 5.69 Å². The van der Waals surface area contributed by atoms with Crippen LogP contribution >= 0.6 is 0 Å². The van der Waals surface area contributed by atoms with Crippen LogP contribution in [-0.4, -0.2) is 56.1 Å². The standard InChI is InChI=1S/C14H21N3O3/c1-15(2)8-7-12-11-13(20-10-9-16(3)4)5-6-14(12)17(18)19/h5-8,11H,9-10H2,1-4H3/b8-7+. The molecule has 0 heterocycles. The van der Waals surface area contributed by atoms with E-state index in [0.29, 0.717) is 17.9 Å². The Hall–Kier alpha value is -2.08. The van der Waals surface area contributed by atoms with E-state index < -0.39 is 0 Å². The third-order valence-corrected chi connectivity index (χ3v) is 2.56. The van der Waals surface area contributed by atoms with Crippen molar-refractivity contribution in [3.8, 4) is 5.75 Å². The Kier molecular flexibility index (Phi) is 5.99. The first-order chi connectivity index (χ1) is 9.40. The first-order valence-corrected chi connectivity index (χ1v) is 6.30. The van der Waals surface area contributed by atoms with Gasteiger partial charge in [0.2, 0.25) is 0 Å². The predicted molar refractivity (Wildman–Crippen MR) is 79.9 cm³/mol. The summed E-state index contributed by atoms with van der Waals surface area (Å²) in [5, 5.41) is 11.0. The van der Waals surface area contributed by atoms with Crippen molar-refractivity contribution in [1.29, 1.82) is 0 Å². The van der Waals surface area contributed by atoms with Gasteiger partial charge in [0, 0.05) is 26.7 Å². The second kappa shape index (κ2) is 7.49. The number of hydrogen-bond acceptors (Lipinski definition) is 5. The molecule has 1 rings (SSSR count). The first-order valence-electron chi connectivity index (χ1n) is 6.30. The van der Waals surface area contributed by atoms with Crippen molar-refractivity contribution in [1.82, 2.24) is 9.80 Å². The highest BCUT2D eigenvalue weighted by Crippen LogP contribution is 2.25. The molecular weight excluding hydrogens is 258 g/mol. The van der Waals surface area contributed by atoms with Crippen molar-refractivity contribution in [2.24, 2.45) is 0 Å². The van der Waals surface area contributed by atoms with Crippen LogP contribution in [0.5, 0.6) is 5.75 Å². The lowest BCUT2D eigenvalue weighted by Gasteiger charge is -2.11. The van der Waals surface area contributed by atoms with E-state index in [4.69, 9.17) is 4.74 Å². The Balaban J connectivity index is 2.89. The van der Waals surface area contributed by atoms with Crippen LogP contribution in [0.15, 0.2) is 24.4 Å². The van der Waals surface area contributed by atoms with Gasteiger partial charge in [-0.2, -0.15) is 0 Å². The zero-order valence-corrected chi connectivity index (χ0v) is 12.4. The quantitative estimate of drug-likeness (QED) is 0.565. The van der Waals surface area contributed by atoms with E-state index in [-0.39, 0.29) is 10.6 Å².